The third kappa shape index (κ3) is 2.27. The van der Waals surface area contributed by atoms with Gasteiger partial charge in [0.25, 0.3) is 0 Å². The number of aromatic amines is 1. The molecule has 0 spiro atoms. The van der Waals surface area contributed by atoms with Gasteiger partial charge in [-0.3, -0.25) is 0 Å². The average molecular weight is 335 g/mol. The van der Waals surface area contributed by atoms with Gasteiger partial charge in [0.15, 0.2) is 11.5 Å². The number of halogens is 1. The molecule has 1 aromatic carbocycles. The fourth-order valence-corrected chi connectivity index (χ4v) is 2.33. The van der Waals surface area contributed by atoms with Crippen molar-refractivity contribution in [1.82, 2.24) is 15.0 Å². The Kier molecular flexibility index (Phi) is 3.19. The average Bonchev–Trinajstić information content (AvgIpc) is 2.80. The molecular formula is C13H11BrN4O2. The van der Waals surface area contributed by atoms with E-state index in [-0.39, 0.29) is 5.75 Å². The number of hydrogen-bond donors (Lipinski definition) is 3. The van der Waals surface area contributed by atoms with Crippen LogP contribution in [0.2, 0.25) is 0 Å². The third-order valence-corrected chi connectivity index (χ3v) is 3.26. The van der Waals surface area contributed by atoms with Crippen molar-refractivity contribution in [1.29, 1.82) is 0 Å². The summed E-state index contributed by atoms with van der Waals surface area (Å²) in [6.45, 7) is 0. The molecule has 3 rings (SSSR count). The number of hydrogen-bond acceptors (Lipinski definition) is 5. The molecule has 20 heavy (non-hydrogen) atoms. The number of aromatic hydroxyl groups is 1. The van der Waals surface area contributed by atoms with Crippen LogP contribution in [0.3, 0.4) is 0 Å². The molecule has 0 unspecified atom stereocenters. The van der Waals surface area contributed by atoms with Gasteiger partial charge in [-0.1, -0.05) is 0 Å². The van der Waals surface area contributed by atoms with Gasteiger partial charge in [-0.05, 0) is 34.1 Å². The summed E-state index contributed by atoms with van der Waals surface area (Å²) in [5.74, 6) is 1.15. The van der Waals surface area contributed by atoms with Gasteiger partial charge in [-0.15, -0.1) is 0 Å². The molecule has 2 aromatic heterocycles. The summed E-state index contributed by atoms with van der Waals surface area (Å²) in [7, 11) is 1.51. The fourth-order valence-electron chi connectivity index (χ4n) is 1.91. The number of fused-ring (bicyclic) bond motifs is 1. The number of H-pyrrole nitrogens is 1. The zero-order valence-corrected chi connectivity index (χ0v) is 12.1. The summed E-state index contributed by atoms with van der Waals surface area (Å²) in [4.78, 5) is 11.4. The standard InChI is InChI=1S/C13H11BrN4O2/c1-20-10-3-2-7(4-9(10)19)17-12-8-5-11(14)18-13(8)16-6-15-12/h2-6,19H,1H3,(H2,15,16,17,18). The second kappa shape index (κ2) is 5.01. The number of ether oxygens (including phenoxy) is 1. The number of nitrogens with one attached hydrogen (secondary N) is 2. The normalized spacial score (nSPS) is 10.7. The van der Waals surface area contributed by atoms with Crippen LogP contribution in [0.4, 0.5) is 11.5 Å². The van der Waals surface area contributed by atoms with Crippen LogP contribution in [0.25, 0.3) is 11.0 Å². The predicted molar refractivity (Wildman–Crippen MR) is 79.5 cm³/mol. The quantitative estimate of drug-likeness (QED) is 0.685. The van der Waals surface area contributed by atoms with E-state index < -0.39 is 0 Å². The Hall–Kier alpha value is -2.28. The Balaban J connectivity index is 1.98. The van der Waals surface area contributed by atoms with E-state index >= 15 is 0 Å². The van der Waals surface area contributed by atoms with Gasteiger partial charge in [0.2, 0.25) is 0 Å². The molecular weight excluding hydrogens is 324 g/mol. The molecule has 0 saturated carbocycles. The zero-order valence-electron chi connectivity index (χ0n) is 10.5. The van der Waals surface area contributed by atoms with Crippen molar-refractivity contribution in [3.63, 3.8) is 0 Å². The van der Waals surface area contributed by atoms with E-state index in [1.807, 2.05) is 6.07 Å². The SMILES string of the molecule is COc1ccc(Nc2ncnc3[nH]c(Br)cc23)cc1O. The lowest BCUT2D eigenvalue weighted by Crippen LogP contribution is -1.95. The van der Waals surface area contributed by atoms with Crippen LogP contribution in [0, 0.1) is 0 Å². The minimum atomic E-state index is 0.0676. The maximum Gasteiger partial charge on any atom is 0.160 e. The molecule has 0 aliphatic carbocycles. The summed E-state index contributed by atoms with van der Waals surface area (Å²) < 4.78 is 5.84. The van der Waals surface area contributed by atoms with Crippen molar-refractivity contribution >= 4 is 38.5 Å². The minimum absolute atomic E-state index is 0.0676. The van der Waals surface area contributed by atoms with E-state index in [1.54, 1.807) is 18.2 Å². The van der Waals surface area contributed by atoms with Crippen molar-refractivity contribution in [2.75, 3.05) is 12.4 Å². The van der Waals surface area contributed by atoms with Crippen molar-refractivity contribution in [2.24, 2.45) is 0 Å². The molecule has 2 heterocycles. The van der Waals surface area contributed by atoms with Crippen LogP contribution in [-0.4, -0.2) is 27.2 Å². The van der Waals surface area contributed by atoms with Crippen LogP contribution >= 0.6 is 15.9 Å². The first-order valence-electron chi connectivity index (χ1n) is 5.80. The molecule has 3 N–H and O–H groups in total. The highest BCUT2D eigenvalue weighted by atomic mass is 79.9. The number of benzene rings is 1. The highest BCUT2D eigenvalue weighted by Crippen LogP contribution is 2.31. The highest BCUT2D eigenvalue weighted by molar-refractivity contribution is 9.10. The van der Waals surface area contributed by atoms with E-state index in [9.17, 15) is 5.11 Å². The lowest BCUT2D eigenvalue weighted by Gasteiger charge is -2.08. The zero-order chi connectivity index (χ0) is 14.1. The number of nitrogens with zero attached hydrogens (tertiary/aromatic N) is 2. The number of anilines is 2. The second-order valence-corrected chi connectivity index (χ2v) is 4.97. The van der Waals surface area contributed by atoms with Crippen molar-refractivity contribution in [2.45, 2.75) is 0 Å². The molecule has 0 amide bonds. The first-order chi connectivity index (χ1) is 9.67. The smallest absolute Gasteiger partial charge is 0.160 e. The van der Waals surface area contributed by atoms with Gasteiger partial charge >= 0.3 is 0 Å². The van der Waals surface area contributed by atoms with Gasteiger partial charge in [0, 0.05) is 11.8 Å². The van der Waals surface area contributed by atoms with E-state index in [0.29, 0.717) is 17.3 Å². The van der Waals surface area contributed by atoms with E-state index in [1.165, 1.54) is 13.4 Å². The third-order valence-electron chi connectivity index (χ3n) is 2.83. The predicted octanol–water partition coefficient (Wildman–Crippen LogP) is 3.18. The van der Waals surface area contributed by atoms with Crippen LogP contribution in [0.15, 0.2) is 35.2 Å². The number of aromatic nitrogens is 3. The molecule has 7 heteroatoms. The Morgan fingerprint density at radius 2 is 2.15 bits per heavy atom. The van der Waals surface area contributed by atoms with Crippen molar-refractivity contribution < 1.29 is 9.84 Å². The summed E-state index contributed by atoms with van der Waals surface area (Å²) in [5.41, 5.74) is 1.44. The van der Waals surface area contributed by atoms with E-state index in [0.717, 1.165) is 15.6 Å². The van der Waals surface area contributed by atoms with Crippen LogP contribution in [0.5, 0.6) is 11.5 Å². The summed E-state index contributed by atoms with van der Waals surface area (Å²) in [6.07, 6.45) is 1.47. The molecule has 6 nitrogen and oxygen atoms in total. The number of phenols is 1. The van der Waals surface area contributed by atoms with Gasteiger partial charge < -0.3 is 20.1 Å². The second-order valence-electron chi connectivity index (χ2n) is 4.11. The molecule has 102 valence electrons. The van der Waals surface area contributed by atoms with Crippen LogP contribution in [0.1, 0.15) is 0 Å². The van der Waals surface area contributed by atoms with Gasteiger partial charge in [-0.25, -0.2) is 9.97 Å². The van der Waals surface area contributed by atoms with Gasteiger partial charge in [-0.2, -0.15) is 0 Å². The Morgan fingerprint density at radius 1 is 1.30 bits per heavy atom. The minimum Gasteiger partial charge on any atom is -0.504 e. The molecule has 0 aliphatic heterocycles. The molecule has 0 aliphatic rings. The van der Waals surface area contributed by atoms with Crippen LogP contribution < -0.4 is 10.1 Å². The summed E-state index contributed by atoms with van der Waals surface area (Å²) in [6, 6.07) is 6.95. The van der Waals surface area contributed by atoms with E-state index in [2.05, 4.69) is 36.2 Å². The fraction of sp³-hybridized carbons (Fsp3) is 0.0769. The summed E-state index contributed by atoms with van der Waals surface area (Å²) >= 11 is 3.37. The molecule has 0 atom stereocenters. The maximum absolute atomic E-state index is 9.78. The molecule has 0 radical (unpaired) electrons. The monoisotopic (exact) mass is 334 g/mol. The Labute approximate surface area is 123 Å². The lowest BCUT2D eigenvalue weighted by atomic mass is 10.2. The maximum atomic E-state index is 9.78. The molecule has 0 fully saturated rings. The number of rotatable bonds is 3. The van der Waals surface area contributed by atoms with Gasteiger partial charge in [0.1, 0.15) is 17.8 Å². The van der Waals surface area contributed by atoms with E-state index in [4.69, 9.17) is 4.74 Å². The van der Waals surface area contributed by atoms with Crippen LogP contribution in [-0.2, 0) is 0 Å². The molecule has 3 aromatic rings. The number of phenolic OH excluding ortho intramolecular Hbond substituents is 1. The number of methoxy groups -OCH3 is 1. The Bertz CT molecular complexity index is 772. The molecule has 0 bridgehead atoms. The molecule has 0 saturated heterocycles. The highest BCUT2D eigenvalue weighted by Gasteiger charge is 2.08. The van der Waals surface area contributed by atoms with Crippen molar-refractivity contribution in [3.8, 4) is 11.5 Å². The van der Waals surface area contributed by atoms with Gasteiger partial charge in [0.05, 0.1) is 17.1 Å². The summed E-state index contributed by atoms with van der Waals surface area (Å²) in [5, 5.41) is 13.8. The first-order valence-corrected chi connectivity index (χ1v) is 6.60. The lowest BCUT2D eigenvalue weighted by molar-refractivity contribution is 0.373. The largest absolute Gasteiger partial charge is 0.504 e. The first kappa shape index (κ1) is 12.7. The van der Waals surface area contributed by atoms with Crippen molar-refractivity contribution in [3.05, 3.63) is 35.2 Å². The Morgan fingerprint density at radius 3 is 2.90 bits per heavy atom. The topological polar surface area (TPSA) is 83.1 Å².